The number of esters is 1. The molecule has 0 amide bonds. The smallest absolute Gasteiger partial charge is 0.356 e. The van der Waals surface area contributed by atoms with Crippen molar-refractivity contribution in [1.82, 2.24) is 14.9 Å². The second kappa shape index (κ2) is 5.63. The highest BCUT2D eigenvalue weighted by Gasteiger charge is 2.18. The first-order valence-corrected chi connectivity index (χ1v) is 8.46. The van der Waals surface area contributed by atoms with Gasteiger partial charge in [0.2, 0.25) is 0 Å². The van der Waals surface area contributed by atoms with E-state index in [0.29, 0.717) is 16.2 Å². The second-order valence-electron chi connectivity index (χ2n) is 5.37. The van der Waals surface area contributed by atoms with E-state index < -0.39 is 5.97 Å². The maximum Gasteiger partial charge on any atom is 0.356 e. The van der Waals surface area contributed by atoms with E-state index in [4.69, 9.17) is 16.3 Å². The summed E-state index contributed by atoms with van der Waals surface area (Å²) in [5.41, 5.74) is 3.18. The molecule has 0 aliphatic carbocycles. The Morgan fingerprint density at radius 2 is 2.30 bits per heavy atom. The number of aromatic nitrogens is 2. The normalized spacial score (nSPS) is 14.0. The third kappa shape index (κ3) is 2.43. The molecule has 0 radical (unpaired) electrons. The van der Waals surface area contributed by atoms with E-state index in [1.54, 1.807) is 21.9 Å². The minimum atomic E-state index is -0.453. The lowest BCUT2D eigenvalue weighted by atomic mass is 10.1. The molecule has 0 unspecified atom stereocenters. The monoisotopic (exact) mass is 347 g/mol. The fourth-order valence-electron chi connectivity index (χ4n) is 2.80. The molecule has 1 N–H and O–H groups in total. The Hall–Kier alpha value is -1.89. The van der Waals surface area contributed by atoms with Crippen LogP contribution in [0, 0.1) is 0 Å². The lowest BCUT2D eigenvalue weighted by Gasteiger charge is -2.10. The Bertz CT molecular complexity index is 892. The highest BCUT2D eigenvalue weighted by Crippen LogP contribution is 2.33. The van der Waals surface area contributed by atoms with Gasteiger partial charge in [0.15, 0.2) is 5.69 Å². The van der Waals surface area contributed by atoms with Gasteiger partial charge < -0.3 is 10.1 Å². The summed E-state index contributed by atoms with van der Waals surface area (Å²) in [5.74, 6) is -0.453. The highest BCUT2D eigenvalue weighted by atomic mass is 35.5. The van der Waals surface area contributed by atoms with Gasteiger partial charge in [-0.2, -0.15) is 5.10 Å². The summed E-state index contributed by atoms with van der Waals surface area (Å²) in [6, 6.07) is 7.58. The zero-order valence-electron chi connectivity index (χ0n) is 12.4. The van der Waals surface area contributed by atoms with E-state index in [0.717, 1.165) is 30.1 Å². The molecule has 0 fully saturated rings. The van der Waals surface area contributed by atoms with E-state index in [1.807, 2.05) is 12.1 Å². The molecule has 0 saturated heterocycles. The van der Waals surface area contributed by atoms with E-state index in [2.05, 4.69) is 16.5 Å². The predicted molar refractivity (Wildman–Crippen MR) is 90.3 cm³/mol. The minimum Gasteiger partial charge on any atom is -0.464 e. The summed E-state index contributed by atoms with van der Waals surface area (Å²) in [6.45, 7) is 1.91. The molecule has 3 aromatic heterocycles. The molecule has 3 aromatic rings. The van der Waals surface area contributed by atoms with Crippen LogP contribution in [0.4, 0.5) is 0 Å². The molecule has 1 aliphatic heterocycles. The van der Waals surface area contributed by atoms with Gasteiger partial charge in [-0.25, -0.2) is 9.31 Å². The summed E-state index contributed by atoms with van der Waals surface area (Å²) in [6.07, 6.45) is 1.05. The van der Waals surface area contributed by atoms with Crippen LogP contribution in [-0.2, 0) is 17.7 Å². The molecule has 1 aliphatic rings. The van der Waals surface area contributed by atoms with Gasteiger partial charge in [0, 0.05) is 18.0 Å². The number of fused-ring (bicyclic) bond motifs is 2. The Morgan fingerprint density at radius 1 is 1.43 bits per heavy atom. The number of ether oxygens (including phenoxy) is 1. The van der Waals surface area contributed by atoms with Crippen molar-refractivity contribution in [3.63, 3.8) is 0 Å². The molecule has 0 bridgehead atoms. The van der Waals surface area contributed by atoms with Crippen molar-refractivity contribution in [1.29, 1.82) is 0 Å². The number of nitrogens with one attached hydrogen (secondary N) is 1. The number of thiophene rings is 1. The van der Waals surface area contributed by atoms with Gasteiger partial charge in [-0.1, -0.05) is 11.6 Å². The third-order valence-corrected chi connectivity index (χ3v) is 5.52. The number of carbonyl (C=O) groups is 1. The van der Waals surface area contributed by atoms with Crippen molar-refractivity contribution in [3.8, 4) is 10.6 Å². The number of carbonyl (C=O) groups excluding carboxylic acids is 1. The molecule has 5 nitrogen and oxygen atoms in total. The summed E-state index contributed by atoms with van der Waals surface area (Å²) in [5, 5.41) is 8.46. The topological polar surface area (TPSA) is 55.6 Å². The largest absolute Gasteiger partial charge is 0.464 e. The van der Waals surface area contributed by atoms with Crippen molar-refractivity contribution in [2.24, 2.45) is 0 Å². The molecule has 0 saturated carbocycles. The van der Waals surface area contributed by atoms with Gasteiger partial charge in [-0.05, 0) is 36.2 Å². The summed E-state index contributed by atoms with van der Waals surface area (Å²) < 4.78 is 6.36. The molecular formula is C16H14ClN3O2S. The molecule has 0 atom stereocenters. The standard InChI is InChI=1S/C16H14ClN3O2S/c1-22-16(21)13-7-10(17)12-3-2-11(19-20(12)13)15-6-9-8-18-5-4-14(9)23-15/h2-3,6-7,18H,4-5,8H2,1H3. The third-order valence-electron chi connectivity index (χ3n) is 3.96. The highest BCUT2D eigenvalue weighted by molar-refractivity contribution is 7.15. The van der Waals surface area contributed by atoms with Crippen LogP contribution in [0.1, 0.15) is 20.9 Å². The van der Waals surface area contributed by atoms with E-state index in [1.165, 1.54) is 17.6 Å². The lowest BCUT2D eigenvalue weighted by Crippen LogP contribution is -2.21. The van der Waals surface area contributed by atoms with Gasteiger partial charge in [0.05, 0.1) is 22.5 Å². The number of rotatable bonds is 2. The minimum absolute atomic E-state index is 0.331. The first-order valence-electron chi connectivity index (χ1n) is 7.26. The lowest BCUT2D eigenvalue weighted by molar-refractivity contribution is 0.0591. The van der Waals surface area contributed by atoms with Gasteiger partial charge >= 0.3 is 5.97 Å². The Kier molecular flexibility index (Phi) is 3.60. The predicted octanol–water partition coefficient (Wildman–Crippen LogP) is 3.15. The van der Waals surface area contributed by atoms with Crippen LogP contribution in [-0.4, -0.2) is 29.2 Å². The Balaban J connectivity index is 1.85. The number of methoxy groups -OCH3 is 1. The average molecular weight is 348 g/mol. The van der Waals surface area contributed by atoms with Crippen LogP contribution < -0.4 is 5.32 Å². The Morgan fingerprint density at radius 3 is 3.09 bits per heavy atom. The number of halogens is 1. The van der Waals surface area contributed by atoms with Gasteiger partial charge in [0.1, 0.15) is 5.69 Å². The van der Waals surface area contributed by atoms with Crippen LogP contribution in [0.15, 0.2) is 24.3 Å². The zero-order chi connectivity index (χ0) is 16.0. The van der Waals surface area contributed by atoms with Gasteiger partial charge in [-0.15, -0.1) is 11.3 Å². The van der Waals surface area contributed by atoms with E-state index >= 15 is 0 Å². The fraction of sp³-hybridized carbons (Fsp3) is 0.250. The summed E-state index contributed by atoms with van der Waals surface area (Å²) in [4.78, 5) is 14.4. The van der Waals surface area contributed by atoms with Crippen LogP contribution in [0.5, 0.6) is 0 Å². The zero-order valence-corrected chi connectivity index (χ0v) is 14.0. The molecule has 118 valence electrons. The van der Waals surface area contributed by atoms with Crippen molar-refractivity contribution >= 4 is 34.4 Å². The van der Waals surface area contributed by atoms with Crippen LogP contribution >= 0.6 is 22.9 Å². The molecule has 7 heteroatoms. The SMILES string of the molecule is COC(=O)c1cc(Cl)c2ccc(-c3cc4c(s3)CCNC4)nn12. The first kappa shape index (κ1) is 14.7. The van der Waals surface area contributed by atoms with E-state index in [-0.39, 0.29) is 0 Å². The summed E-state index contributed by atoms with van der Waals surface area (Å²) >= 11 is 7.94. The maximum atomic E-state index is 11.9. The van der Waals surface area contributed by atoms with Crippen molar-refractivity contribution in [2.45, 2.75) is 13.0 Å². The summed E-state index contributed by atoms with van der Waals surface area (Å²) in [7, 11) is 1.35. The molecule has 4 heterocycles. The maximum absolute atomic E-state index is 11.9. The van der Waals surface area contributed by atoms with E-state index in [9.17, 15) is 4.79 Å². The quantitative estimate of drug-likeness (QED) is 0.723. The second-order valence-corrected chi connectivity index (χ2v) is 6.91. The molecular weight excluding hydrogens is 334 g/mol. The average Bonchev–Trinajstić information content (AvgIpc) is 3.15. The van der Waals surface area contributed by atoms with Gasteiger partial charge in [0.25, 0.3) is 0 Å². The number of hydrogen-bond acceptors (Lipinski definition) is 5. The van der Waals surface area contributed by atoms with Crippen molar-refractivity contribution in [2.75, 3.05) is 13.7 Å². The van der Waals surface area contributed by atoms with Crippen LogP contribution in [0.3, 0.4) is 0 Å². The number of hydrogen-bond donors (Lipinski definition) is 1. The molecule has 4 rings (SSSR count). The first-order chi connectivity index (χ1) is 11.2. The van der Waals surface area contributed by atoms with Crippen LogP contribution in [0.2, 0.25) is 5.02 Å². The van der Waals surface area contributed by atoms with Crippen LogP contribution in [0.25, 0.3) is 16.1 Å². The number of nitrogens with zero attached hydrogens (tertiary/aromatic N) is 2. The Labute approximate surface area is 141 Å². The molecule has 0 aromatic carbocycles. The van der Waals surface area contributed by atoms with Crippen molar-refractivity contribution in [3.05, 3.63) is 45.4 Å². The van der Waals surface area contributed by atoms with Gasteiger partial charge in [-0.3, -0.25) is 0 Å². The fourth-order valence-corrected chi connectivity index (χ4v) is 4.20. The van der Waals surface area contributed by atoms with Crippen molar-refractivity contribution < 1.29 is 9.53 Å². The molecule has 23 heavy (non-hydrogen) atoms. The molecule has 0 spiro atoms.